The van der Waals surface area contributed by atoms with E-state index in [1.807, 2.05) is 24.3 Å². The molecule has 4 rings (SSSR count). The van der Waals surface area contributed by atoms with Gasteiger partial charge in [0, 0.05) is 11.1 Å². The molecule has 0 spiro atoms. The minimum Gasteiger partial charge on any atom is -0.410 e. The highest BCUT2D eigenvalue weighted by atomic mass is 16.6. The first-order valence-electron chi connectivity index (χ1n) is 5.21. The predicted molar refractivity (Wildman–Crippen MR) is 60.3 cm³/mol. The Morgan fingerprint density at radius 2 is 1.61 bits per heavy atom. The maximum atomic E-state index is 9.14. The van der Waals surface area contributed by atoms with E-state index in [2.05, 4.69) is 30.1 Å². The Hall–Kier alpha value is -2.83. The van der Waals surface area contributed by atoms with Crippen molar-refractivity contribution in [1.29, 1.82) is 0 Å². The highest BCUT2D eigenvalue weighted by Gasteiger charge is 2.29. The number of oxime groups is 1. The van der Waals surface area contributed by atoms with Gasteiger partial charge in [-0.05, 0) is 10.3 Å². The molecule has 7 nitrogen and oxygen atoms in total. The van der Waals surface area contributed by atoms with Gasteiger partial charge in [-0.15, -0.1) is 0 Å². The van der Waals surface area contributed by atoms with Crippen LogP contribution in [-0.4, -0.2) is 31.2 Å². The summed E-state index contributed by atoms with van der Waals surface area (Å²) in [6, 6.07) is 7.49. The van der Waals surface area contributed by atoms with Crippen molar-refractivity contribution in [1.82, 2.24) is 20.3 Å². The topological polar surface area (TPSA) is 97.3 Å². The average Bonchev–Trinajstić information content (AvgIpc) is 2.97. The normalized spacial score (nSPS) is 15.0. The second kappa shape index (κ2) is 3.10. The summed E-state index contributed by atoms with van der Waals surface area (Å²) in [5.41, 5.74) is 3.78. The van der Waals surface area contributed by atoms with Crippen LogP contribution in [0.4, 0.5) is 0 Å². The van der Waals surface area contributed by atoms with Gasteiger partial charge < -0.3 is 5.21 Å². The molecule has 0 saturated heterocycles. The fourth-order valence-electron chi connectivity index (χ4n) is 2.12. The van der Waals surface area contributed by atoms with Gasteiger partial charge in [0.15, 0.2) is 0 Å². The third-order valence-corrected chi connectivity index (χ3v) is 2.88. The predicted octanol–water partition coefficient (Wildman–Crippen LogP) is 1.22. The molecule has 0 saturated carbocycles. The van der Waals surface area contributed by atoms with Crippen molar-refractivity contribution in [2.45, 2.75) is 0 Å². The minimum absolute atomic E-state index is 0.294. The summed E-state index contributed by atoms with van der Waals surface area (Å²) >= 11 is 0. The van der Waals surface area contributed by atoms with E-state index in [1.54, 1.807) is 0 Å². The molecule has 0 atom stereocenters. The van der Waals surface area contributed by atoms with Crippen molar-refractivity contribution in [2.75, 3.05) is 0 Å². The molecule has 86 valence electrons. The summed E-state index contributed by atoms with van der Waals surface area (Å²) in [5.74, 6) is 0. The van der Waals surface area contributed by atoms with Crippen LogP contribution in [-0.2, 0) is 0 Å². The monoisotopic (exact) mass is 239 g/mol. The van der Waals surface area contributed by atoms with Crippen molar-refractivity contribution >= 4 is 17.0 Å². The highest BCUT2D eigenvalue weighted by molar-refractivity contribution is 6.22. The molecule has 0 bridgehead atoms. The van der Waals surface area contributed by atoms with E-state index < -0.39 is 0 Å². The summed E-state index contributed by atoms with van der Waals surface area (Å²) in [6.07, 6.45) is 0. The van der Waals surface area contributed by atoms with Gasteiger partial charge in [0.1, 0.15) is 17.1 Å². The van der Waals surface area contributed by atoms with E-state index in [0.717, 1.165) is 11.1 Å². The maximum absolute atomic E-state index is 9.14. The van der Waals surface area contributed by atoms with Gasteiger partial charge in [-0.1, -0.05) is 29.4 Å². The van der Waals surface area contributed by atoms with E-state index in [0.29, 0.717) is 28.4 Å². The maximum Gasteiger partial charge on any atom is 0.244 e. The van der Waals surface area contributed by atoms with Crippen LogP contribution in [0.2, 0.25) is 0 Å². The SMILES string of the molecule is O/N=C1/c2ccccc2-c2nc3nonc3nc21. The molecule has 7 heteroatoms. The first-order chi connectivity index (χ1) is 8.88. The number of fused-ring (bicyclic) bond motifs is 4. The van der Waals surface area contributed by atoms with Crippen LogP contribution in [0.5, 0.6) is 0 Å². The number of hydrogen-bond acceptors (Lipinski definition) is 7. The number of aromatic nitrogens is 4. The van der Waals surface area contributed by atoms with Crippen LogP contribution in [0.15, 0.2) is 34.1 Å². The summed E-state index contributed by atoms with van der Waals surface area (Å²) in [7, 11) is 0. The zero-order valence-electron chi connectivity index (χ0n) is 8.90. The Morgan fingerprint density at radius 3 is 2.33 bits per heavy atom. The van der Waals surface area contributed by atoms with Gasteiger partial charge in [0.2, 0.25) is 11.3 Å². The van der Waals surface area contributed by atoms with E-state index in [4.69, 9.17) is 5.21 Å². The Morgan fingerprint density at radius 1 is 0.944 bits per heavy atom. The van der Waals surface area contributed by atoms with E-state index in [1.165, 1.54) is 0 Å². The molecule has 1 aliphatic carbocycles. The summed E-state index contributed by atoms with van der Waals surface area (Å²) < 4.78 is 4.57. The molecule has 0 unspecified atom stereocenters. The van der Waals surface area contributed by atoms with Gasteiger partial charge in [-0.2, -0.15) is 0 Å². The second-order valence-corrected chi connectivity index (χ2v) is 3.83. The zero-order chi connectivity index (χ0) is 12.1. The fraction of sp³-hybridized carbons (Fsp3) is 0. The number of rotatable bonds is 0. The van der Waals surface area contributed by atoms with Gasteiger partial charge in [0.25, 0.3) is 0 Å². The van der Waals surface area contributed by atoms with Crippen LogP contribution < -0.4 is 0 Å². The van der Waals surface area contributed by atoms with Crippen molar-refractivity contribution in [3.63, 3.8) is 0 Å². The quantitative estimate of drug-likeness (QED) is 0.366. The molecule has 18 heavy (non-hydrogen) atoms. The van der Waals surface area contributed by atoms with Crippen LogP contribution in [0.1, 0.15) is 11.3 Å². The lowest BCUT2D eigenvalue weighted by Crippen LogP contribution is -2.01. The molecule has 2 aromatic heterocycles. The lowest BCUT2D eigenvalue weighted by molar-refractivity contribution is 0.314. The van der Waals surface area contributed by atoms with Crippen LogP contribution in [0.25, 0.3) is 22.6 Å². The molecule has 1 aliphatic rings. The van der Waals surface area contributed by atoms with Crippen molar-refractivity contribution in [3.05, 3.63) is 35.5 Å². The number of hydrogen-bond donors (Lipinski definition) is 1. The van der Waals surface area contributed by atoms with E-state index in [-0.39, 0.29) is 0 Å². The fourth-order valence-corrected chi connectivity index (χ4v) is 2.12. The standard InChI is InChI=1S/C11H5N5O2/c17-14-8-6-4-2-1-3-5(6)7-9(8)13-11-10(12-7)15-18-16-11/h1-4,17H/b14-8-. The second-order valence-electron chi connectivity index (χ2n) is 3.83. The van der Waals surface area contributed by atoms with Gasteiger partial charge >= 0.3 is 0 Å². The van der Waals surface area contributed by atoms with Crippen molar-refractivity contribution in [3.8, 4) is 11.3 Å². The van der Waals surface area contributed by atoms with Crippen molar-refractivity contribution in [2.24, 2.45) is 5.16 Å². The molecule has 1 N–H and O–H groups in total. The minimum atomic E-state index is 0.294. The first kappa shape index (κ1) is 9.23. The smallest absolute Gasteiger partial charge is 0.244 e. The number of nitrogens with zero attached hydrogens (tertiary/aromatic N) is 5. The largest absolute Gasteiger partial charge is 0.410 e. The molecule has 3 aromatic rings. The van der Waals surface area contributed by atoms with E-state index in [9.17, 15) is 0 Å². The lowest BCUT2D eigenvalue weighted by Gasteiger charge is -1.95. The molecule has 0 radical (unpaired) electrons. The Labute approximate surface area is 99.7 Å². The molecule has 0 amide bonds. The van der Waals surface area contributed by atoms with Gasteiger partial charge in [-0.25, -0.2) is 14.6 Å². The Bertz CT molecular complexity index is 808. The Kier molecular flexibility index (Phi) is 1.59. The van der Waals surface area contributed by atoms with Crippen LogP contribution in [0.3, 0.4) is 0 Å². The molecule has 0 fully saturated rings. The first-order valence-corrected chi connectivity index (χ1v) is 5.21. The third-order valence-electron chi connectivity index (χ3n) is 2.88. The molecular formula is C11H5N5O2. The molecule has 0 aliphatic heterocycles. The molecular weight excluding hydrogens is 234 g/mol. The average molecular weight is 239 g/mol. The van der Waals surface area contributed by atoms with Gasteiger partial charge in [-0.3, -0.25) is 0 Å². The zero-order valence-corrected chi connectivity index (χ0v) is 8.90. The molecule has 1 aromatic carbocycles. The summed E-state index contributed by atoms with van der Waals surface area (Å²) in [5, 5.41) is 19.7. The summed E-state index contributed by atoms with van der Waals surface area (Å²) in [4.78, 5) is 8.60. The number of benzene rings is 1. The van der Waals surface area contributed by atoms with Gasteiger partial charge in [0.05, 0.1) is 0 Å². The lowest BCUT2D eigenvalue weighted by atomic mass is 10.1. The Balaban J connectivity index is 2.16. The van der Waals surface area contributed by atoms with Crippen LogP contribution in [0, 0.1) is 0 Å². The summed E-state index contributed by atoms with van der Waals surface area (Å²) in [6.45, 7) is 0. The van der Waals surface area contributed by atoms with Crippen molar-refractivity contribution < 1.29 is 9.84 Å². The van der Waals surface area contributed by atoms with E-state index >= 15 is 0 Å². The third kappa shape index (κ3) is 1.000. The van der Waals surface area contributed by atoms with Crippen LogP contribution >= 0.6 is 0 Å². The highest BCUT2D eigenvalue weighted by Crippen LogP contribution is 2.34. The molecule has 2 heterocycles.